The summed E-state index contributed by atoms with van der Waals surface area (Å²) in [5.74, 6) is -5.02. The Balaban J connectivity index is 0.000000473. The van der Waals surface area contributed by atoms with Gasteiger partial charge in [0.2, 0.25) is 0 Å². The highest BCUT2D eigenvalue weighted by atomic mass is 16.5. The van der Waals surface area contributed by atoms with Crippen LogP contribution in [0.2, 0.25) is 0 Å². The maximum atomic E-state index is 10.3. The lowest BCUT2D eigenvalue weighted by Crippen LogP contribution is -2.42. The van der Waals surface area contributed by atoms with Crippen LogP contribution in [-0.4, -0.2) is 54.3 Å². The van der Waals surface area contributed by atoms with E-state index >= 15 is 0 Å². The van der Waals surface area contributed by atoms with Crippen molar-refractivity contribution in [2.75, 3.05) is 0 Å². The number of aliphatic hydroxyl groups is 1. The molecule has 1 aromatic heterocycles. The quantitative estimate of drug-likeness (QED) is 0.506. The smallest absolute Gasteiger partial charge is 0.336 e. The first-order valence-corrected chi connectivity index (χ1v) is 4.38. The number of nitrogens with zero attached hydrogens (tertiary/aromatic N) is 2. The second-order valence-electron chi connectivity index (χ2n) is 3.07. The zero-order valence-corrected chi connectivity index (χ0v) is 8.89. The van der Waals surface area contributed by atoms with Gasteiger partial charge in [-0.05, 0) is 0 Å². The van der Waals surface area contributed by atoms with E-state index in [1.165, 1.54) is 12.5 Å². The van der Waals surface area contributed by atoms with E-state index in [1.54, 1.807) is 0 Å². The largest absolute Gasteiger partial charge is 0.481 e. The SMILES string of the molecule is O=C(O)CC(O)(CC(=O)O)C(=O)O.c1conn1. The molecule has 0 amide bonds. The minimum absolute atomic E-state index is 1.14. The monoisotopic (exact) mass is 262 g/mol. The molecule has 0 aliphatic heterocycles. The lowest BCUT2D eigenvalue weighted by Gasteiger charge is -2.18. The van der Waals surface area contributed by atoms with Crippen LogP contribution < -0.4 is 0 Å². The van der Waals surface area contributed by atoms with Crippen molar-refractivity contribution in [2.45, 2.75) is 18.4 Å². The van der Waals surface area contributed by atoms with E-state index in [-0.39, 0.29) is 0 Å². The van der Waals surface area contributed by atoms with Crippen LogP contribution in [0.1, 0.15) is 12.8 Å². The summed E-state index contributed by atoms with van der Waals surface area (Å²) in [6, 6.07) is 0. The average Bonchev–Trinajstić information content (AvgIpc) is 2.71. The Morgan fingerprint density at radius 3 is 1.78 bits per heavy atom. The zero-order valence-electron chi connectivity index (χ0n) is 8.89. The molecule has 0 bridgehead atoms. The van der Waals surface area contributed by atoms with Crippen molar-refractivity contribution in [3.05, 3.63) is 12.5 Å². The number of carboxylic acid groups (broad SMARTS) is 3. The summed E-state index contributed by atoms with van der Waals surface area (Å²) in [6.07, 6.45) is 0.587. The molecule has 0 fully saturated rings. The summed E-state index contributed by atoms with van der Waals surface area (Å²) < 4.78 is 4.22. The van der Waals surface area contributed by atoms with Crippen LogP contribution in [0.5, 0.6) is 0 Å². The molecule has 0 aliphatic rings. The lowest BCUT2D eigenvalue weighted by atomic mass is 9.96. The van der Waals surface area contributed by atoms with Crippen LogP contribution >= 0.6 is 0 Å². The van der Waals surface area contributed by atoms with Crippen molar-refractivity contribution in [3.63, 3.8) is 0 Å². The van der Waals surface area contributed by atoms with E-state index in [0.717, 1.165) is 0 Å². The van der Waals surface area contributed by atoms with Gasteiger partial charge < -0.3 is 24.9 Å². The van der Waals surface area contributed by atoms with Gasteiger partial charge in [-0.25, -0.2) is 4.79 Å². The van der Waals surface area contributed by atoms with E-state index < -0.39 is 36.4 Å². The third-order valence-electron chi connectivity index (χ3n) is 1.57. The van der Waals surface area contributed by atoms with Crippen LogP contribution in [0.4, 0.5) is 0 Å². The van der Waals surface area contributed by atoms with Gasteiger partial charge in [-0.2, -0.15) is 0 Å². The summed E-state index contributed by atoms with van der Waals surface area (Å²) in [6.45, 7) is 0. The fourth-order valence-corrected chi connectivity index (χ4v) is 0.850. The molecule has 18 heavy (non-hydrogen) atoms. The molecule has 0 saturated carbocycles. The zero-order chi connectivity index (χ0) is 14.2. The molecule has 0 aliphatic carbocycles. The molecule has 100 valence electrons. The predicted octanol–water partition coefficient (Wildman–Crippen LogP) is -1.18. The number of hydrogen-bond donors (Lipinski definition) is 4. The Kier molecular flexibility index (Phi) is 6.00. The fraction of sp³-hybridized carbons (Fsp3) is 0.375. The Labute approximate surface area is 99.4 Å². The minimum atomic E-state index is -2.74. The van der Waals surface area contributed by atoms with Crippen LogP contribution in [-0.2, 0) is 14.4 Å². The van der Waals surface area contributed by atoms with Crippen molar-refractivity contribution in [1.29, 1.82) is 0 Å². The minimum Gasteiger partial charge on any atom is -0.481 e. The van der Waals surface area contributed by atoms with Crippen molar-refractivity contribution >= 4 is 17.9 Å². The Bertz CT molecular complexity index is 368. The molecule has 0 spiro atoms. The third-order valence-corrected chi connectivity index (χ3v) is 1.57. The van der Waals surface area contributed by atoms with Crippen LogP contribution in [0.3, 0.4) is 0 Å². The molecule has 1 aromatic rings. The van der Waals surface area contributed by atoms with Gasteiger partial charge in [0, 0.05) is 5.27 Å². The molecule has 0 radical (unpaired) electrons. The number of rotatable bonds is 5. The van der Waals surface area contributed by atoms with Crippen molar-refractivity contribution < 1.29 is 39.3 Å². The summed E-state index contributed by atoms with van der Waals surface area (Å²) in [5, 5.41) is 40.2. The van der Waals surface area contributed by atoms with Gasteiger partial charge in [-0.3, -0.25) is 9.59 Å². The van der Waals surface area contributed by atoms with E-state index in [4.69, 9.17) is 20.4 Å². The summed E-state index contributed by atoms with van der Waals surface area (Å²) in [4.78, 5) is 30.5. The third kappa shape index (κ3) is 6.17. The Hall–Kier alpha value is -2.49. The number of carboxylic acids is 3. The van der Waals surface area contributed by atoms with E-state index in [2.05, 4.69) is 14.9 Å². The standard InChI is InChI=1S/C6H8O7.C2H2N2O/c7-3(8)1-6(13,5(11)12)2-4(9)10;1-2-5-4-3-1/h13H,1-2H2,(H,7,8)(H,9,10)(H,11,12);1-2H. The average molecular weight is 262 g/mol. The number of hydrogen-bond acceptors (Lipinski definition) is 7. The van der Waals surface area contributed by atoms with Crippen LogP contribution in [0.25, 0.3) is 0 Å². The molecule has 0 saturated heterocycles. The van der Waals surface area contributed by atoms with Gasteiger partial charge in [-0.15, -0.1) is 5.10 Å². The molecular weight excluding hydrogens is 252 g/mol. The lowest BCUT2D eigenvalue weighted by molar-refractivity contribution is -0.170. The molecular formula is C8H10N2O8. The molecule has 4 N–H and O–H groups in total. The van der Waals surface area contributed by atoms with E-state index in [0.29, 0.717) is 0 Å². The van der Waals surface area contributed by atoms with E-state index in [1.807, 2.05) is 0 Å². The molecule has 1 heterocycles. The fourth-order valence-electron chi connectivity index (χ4n) is 0.850. The highest BCUT2D eigenvalue weighted by Gasteiger charge is 2.40. The van der Waals surface area contributed by atoms with Crippen LogP contribution in [0.15, 0.2) is 17.0 Å². The highest BCUT2D eigenvalue weighted by molar-refractivity contribution is 5.88. The van der Waals surface area contributed by atoms with Crippen LogP contribution in [0, 0.1) is 0 Å². The van der Waals surface area contributed by atoms with Gasteiger partial charge >= 0.3 is 17.9 Å². The molecule has 1 rings (SSSR count). The van der Waals surface area contributed by atoms with Gasteiger partial charge in [0.05, 0.1) is 19.0 Å². The van der Waals surface area contributed by atoms with Crippen molar-refractivity contribution in [3.8, 4) is 0 Å². The maximum Gasteiger partial charge on any atom is 0.336 e. The highest BCUT2D eigenvalue weighted by Crippen LogP contribution is 2.15. The summed E-state index contributed by atoms with van der Waals surface area (Å²) >= 11 is 0. The molecule has 0 unspecified atom stereocenters. The maximum absolute atomic E-state index is 10.3. The van der Waals surface area contributed by atoms with Gasteiger partial charge in [0.15, 0.2) is 5.60 Å². The van der Waals surface area contributed by atoms with Gasteiger partial charge in [0.25, 0.3) is 0 Å². The number of carbonyl (C=O) groups is 3. The summed E-state index contributed by atoms with van der Waals surface area (Å²) in [7, 11) is 0. The predicted molar refractivity (Wildman–Crippen MR) is 51.4 cm³/mol. The molecule has 0 atom stereocenters. The summed E-state index contributed by atoms with van der Waals surface area (Å²) in [5.41, 5.74) is -2.74. The Morgan fingerprint density at radius 1 is 1.11 bits per heavy atom. The van der Waals surface area contributed by atoms with E-state index in [9.17, 15) is 14.4 Å². The van der Waals surface area contributed by atoms with Gasteiger partial charge in [-0.1, -0.05) is 0 Å². The first-order chi connectivity index (χ1) is 8.28. The first-order valence-electron chi connectivity index (χ1n) is 4.38. The second kappa shape index (κ2) is 6.96. The normalized spacial score (nSPS) is 10.1. The topological polar surface area (TPSA) is 171 Å². The molecule has 10 heteroatoms. The second-order valence-corrected chi connectivity index (χ2v) is 3.07. The number of aromatic nitrogens is 2. The van der Waals surface area contributed by atoms with Gasteiger partial charge in [0.1, 0.15) is 6.26 Å². The van der Waals surface area contributed by atoms with Crippen molar-refractivity contribution in [1.82, 2.24) is 10.4 Å². The molecule has 0 aromatic carbocycles. The Morgan fingerprint density at radius 2 is 1.61 bits per heavy atom. The number of aliphatic carboxylic acids is 3. The van der Waals surface area contributed by atoms with Crippen molar-refractivity contribution in [2.24, 2.45) is 0 Å². The first kappa shape index (κ1) is 15.5. The molecule has 10 nitrogen and oxygen atoms in total.